The van der Waals surface area contributed by atoms with Crippen molar-refractivity contribution in [1.82, 2.24) is 29.5 Å². The molecule has 1 amide bonds. The third-order valence-electron chi connectivity index (χ3n) is 7.30. The van der Waals surface area contributed by atoms with E-state index in [9.17, 15) is 9.59 Å². The standard InChI is InChI=1S/C27H28N8O2/c1-14-21(22(18-9-10-18)32-13-31-14)24-30-12-20-26(34-24)35(15(2)17-7-8-17)27(37)25(33-20)29-11-16-3-5-19(6-4-16)23(28)36/h3-6,12-13,15,17-18H,7-11H2,1-2H3,(H2,28,36)(H,29,33)/t15-/m0/s1. The third-order valence-corrected chi connectivity index (χ3v) is 7.30. The first-order valence-corrected chi connectivity index (χ1v) is 12.6. The first-order valence-electron chi connectivity index (χ1n) is 12.6. The predicted octanol–water partition coefficient (Wildman–Crippen LogP) is 3.51. The number of hydrogen-bond donors (Lipinski definition) is 2. The summed E-state index contributed by atoms with van der Waals surface area (Å²) in [5, 5.41) is 3.18. The van der Waals surface area contributed by atoms with E-state index in [1.807, 2.05) is 6.92 Å². The minimum absolute atomic E-state index is 0.0211. The van der Waals surface area contributed by atoms with Gasteiger partial charge in [0, 0.05) is 24.1 Å². The zero-order valence-corrected chi connectivity index (χ0v) is 20.8. The van der Waals surface area contributed by atoms with Crippen LogP contribution in [0, 0.1) is 12.8 Å². The smallest absolute Gasteiger partial charge is 0.295 e. The molecule has 0 radical (unpaired) electrons. The van der Waals surface area contributed by atoms with Crippen molar-refractivity contribution in [3.05, 3.63) is 69.7 Å². The van der Waals surface area contributed by atoms with Crippen LogP contribution in [0.1, 0.15) is 71.9 Å². The third kappa shape index (κ3) is 4.43. The number of aromatic nitrogens is 6. The molecule has 1 atom stereocenters. The number of amides is 1. The first-order chi connectivity index (χ1) is 17.9. The maximum Gasteiger partial charge on any atom is 0.295 e. The Kier molecular flexibility index (Phi) is 5.66. The van der Waals surface area contributed by atoms with Gasteiger partial charge in [-0.2, -0.15) is 0 Å². The van der Waals surface area contributed by atoms with Gasteiger partial charge in [0.05, 0.1) is 23.1 Å². The number of primary amides is 1. The van der Waals surface area contributed by atoms with Crippen molar-refractivity contribution in [2.45, 2.75) is 58.0 Å². The summed E-state index contributed by atoms with van der Waals surface area (Å²) in [6.07, 6.45) is 7.65. The van der Waals surface area contributed by atoms with Crippen LogP contribution in [0.25, 0.3) is 22.6 Å². The SMILES string of the molecule is Cc1ncnc(C2CC2)c1-c1ncc2nc(NCc3ccc(C(N)=O)cc3)c(=O)n([C@@H](C)C3CC3)c2n1. The van der Waals surface area contributed by atoms with E-state index in [4.69, 9.17) is 10.7 Å². The van der Waals surface area contributed by atoms with E-state index in [1.165, 1.54) is 0 Å². The van der Waals surface area contributed by atoms with E-state index >= 15 is 0 Å². The molecule has 2 fully saturated rings. The van der Waals surface area contributed by atoms with Gasteiger partial charge in [0.25, 0.3) is 5.56 Å². The molecule has 10 heteroatoms. The van der Waals surface area contributed by atoms with Gasteiger partial charge < -0.3 is 11.1 Å². The Morgan fingerprint density at radius 3 is 2.54 bits per heavy atom. The van der Waals surface area contributed by atoms with Crippen LogP contribution in [0.3, 0.4) is 0 Å². The fourth-order valence-electron chi connectivity index (χ4n) is 4.81. The highest BCUT2D eigenvalue weighted by atomic mass is 16.1. The Hall–Kier alpha value is -4.21. The van der Waals surface area contributed by atoms with Gasteiger partial charge in [-0.3, -0.25) is 14.2 Å². The number of nitrogens with zero attached hydrogens (tertiary/aromatic N) is 6. The number of fused-ring (bicyclic) bond motifs is 1. The minimum atomic E-state index is -0.478. The zero-order chi connectivity index (χ0) is 25.7. The summed E-state index contributed by atoms with van der Waals surface area (Å²) in [5.74, 6) is 1.13. The van der Waals surface area contributed by atoms with Crippen LogP contribution >= 0.6 is 0 Å². The van der Waals surface area contributed by atoms with Gasteiger partial charge in [0.2, 0.25) is 5.91 Å². The van der Waals surface area contributed by atoms with Crippen molar-refractivity contribution in [1.29, 1.82) is 0 Å². The average molecular weight is 497 g/mol. The van der Waals surface area contributed by atoms with E-state index in [2.05, 4.69) is 32.2 Å². The maximum atomic E-state index is 13.7. The quantitative estimate of drug-likeness (QED) is 0.377. The molecule has 6 rings (SSSR count). The second kappa shape index (κ2) is 9.02. The molecule has 0 unspecified atom stereocenters. The van der Waals surface area contributed by atoms with Crippen LogP contribution in [-0.2, 0) is 6.54 Å². The van der Waals surface area contributed by atoms with Crippen LogP contribution in [0.4, 0.5) is 5.82 Å². The Morgan fingerprint density at radius 2 is 1.86 bits per heavy atom. The monoisotopic (exact) mass is 496 g/mol. The van der Waals surface area contributed by atoms with Gasteiger partial charge in [-0.15, -0.1) is 0 Å². The van der Waals surface area contributed by atoms with Crippen LogP contribution in [0.5, 0.6) is 0 Å². The van der Waals surface area contributed by atoms with Crippen molar-refractivity contribution in [3.63, 3.8) is 0 Å². The molecular formula is C27H28N8O2. The molecule has 4 aromatic rings. The Labute approximate surface area is 213 Å². The normalized spacial score (nSPS) is 16.1. The van der Waals surface area contributed by atoms with Crippen molar-refractivity contribution in [2.75, 3.05) is 5.32 Å². The molecule has 0 spiro atoms. The summed E-state index contributed by atoms with van der Waals surface area (Å²) < 4.78 is 1.76. The van der Waals surface area contributed by atoms with Crippen LogP contribution in [0.15, 0.2) is 41.6 Å². The van der Waals surface area contributed by atoms with Gasteiger partial charge in [-0.05, 0) is 63.1 Å². The second-order valence-corrected chi connectivity index (χ2v) is 10.0. The van der Waals surface area contributed by atoms with Crippen molar-refractivity contribution >= 4 is 22.9 Å². The number of anilines is 1. The highest BCUT2D eigenvalue weighted by molar-refractivity contribution is 5.92. The van der Waals surface area contributed by atoms with E-state index in [0.717, 1.165) is 48.2 Å². The second-order valence-electron chi connectivity index (χ2n) is 10.0. The Bertz CT molecular complexity index is 1570. The highest BCUT2D eigenvalue weighted by Gasteiger charge is 2.33. The van der Waals surface area contributed by atoms with E-state index in [0.29, 0.717) is 40.9 Å². The number of rotatable bonds is 8. The summed E-state index contributed by atoms with van der Waals surface area (Å²) in [5.41, 5.74) is 10.2. The minimum Gasteiger partial charge on any atom is -0.366 e. The fourth-order valence-corrected chi connectivity index (χ4v) is 4.81. The first kappa shape index (κ1) is 23.2. The van der Waals surface area contributed by atoms with Gasteiger partial charge in [0.1, 0.15) is 11.8 Å². The lowest BCUT2D eigenvalue weighted by Crippen LogP contribution is -2.29. The van der Waals surface area contributed by atoms with Gasteiger partial charge in [0.15, 0.2) is 17.3 Å². The molecule has 3 heterocycles. The van der Waals surface area contributed by atoms with Crippen LogP contribution in [0.2, 0.25) is 0 Å². The highest BCUT2D eigenvalue weighted by Crippen LogP contribution is 2.43. The number of nitrogens with one attached hydrogen (secondary N) is 1. The lowest BCUT2D eigenvalue weighted by molar-refractivity contribution is 0.100. The Morgan fingerprint density at radius 1 is 1.11 bits per heavy atom. The van der Waals surface area contributed by atoms with Gasteiger partial charge >= 0.3 is 0 Å². The predicted molar refractivity (Wildman–Crippen MR) is 139 cm³/mol. The summed E-state index contributed by atoms with van der Waals surface area (Å²) >= 11 is 0. The van der Waals surface area contributed by atoms with Crippen molar-refractivity contribution < 1.29 is 4.79 Å². The van der Waals surface area contributed by atoms with Crippen molar-refractivity contribution in [3.8, 4) is 11.4 Å². The van der Waals surface area contributed by atoms with Gasteiger partial charge in [-0.25, -0.2) is 24.9 Å². The molecule has 2 aliphatic rings. The molecule has 1 aromatic carbocycles. The largest absolute Gasteiger partial charge is 0.366 e. The molecule has 0 saturated heterocycles. The summed E-state index contributed by atoms with van der Waals surface area (Å²) in [4.78, 5) is 48.1. The van der Waals surface area contributed by atoms with Gasteiger partial charge in [-0.1, -0.05) is 12.1 Å². The lowest BCUT2D eigenvalue weighted by Gasteiger charge is -2.19. The van der Waals surface area contributed by atoms with Crippen molar-refractivity contribution in [2.24, 2.45) is 11.7 Å². The van der Waals surface area contributed by atoms with E-state index < -0.39 is 5.91 Å². The number of hydrogen-bond acceptors (Lipinski definition) is 8. The molecule has 37 heavy (non-hydrogen) atoms. The summed E-state index contributed by atoms with van der Waals surface area (Å²) in [7, 11) is 0. The molecule has 0 aliphatic heterocycles. The molecule has 10 nitrogen and oxygen atoms in total. The lowest BCUT2D eigenvalue weighted by atomic mass is 10.1. The molecule has 3 N–H and O–H groups in total. The fraction of sp³-hybridized carbons (Fsp3) is 0.370. The maximum absolute atomic E-state index is 13.7. The molecule has 188 valence electrons. The van der Waals surface area contributed by atoms with E-state index in [1.54, 1.807) is 41.4 Å². The van der Waals surface area contributed by atoms with Crippen LogP contribution < -0.4 is 16.6 Å². The summed E-state index contributed by atoms with van der Waals surface area (Å²) in [6.45, 7) is 4.38. The number of benzene rings is 1. The topological polar surface area (TPSA) is 142 Å². The Balaban J connectivity index is 1.41. The van der Waals surface area contributed by atoms with E-state index in [-0.39, 0.29) is 17.4 Å². The van der Waals surface area contributed by atoms with Crippen LogP contribution in [-0.4, -0.2) is 35.4 Å². The molecule has 0 bridgehead atoms. The number of aryl methyl sites for hydroxylation is 1. The molecule has 3 aromatic heterocycles. The number of nitrogens with two attached hydrogens (primary N) is 1. The molecule has 2 saturated carbocycles. The summed E-state index contributed by atoms with van der Waals surface area (Å²) in [6, 6.07) is 6.92. The molecule has 2 aliphatic carbocycles. The number of carbonyl (C=O) groups is 1. The number of carbonyl (C=O) groups excluding carboxylic acids is 1. The average Bonchev–Trinajstić information content (AvgIpc) is 3.81. The zero-order valence-electron chi connectivity index (χ0n) is 20.8. The molecular weight excluding hydrogens is 468 g/mol.